The molecule has 3 aliphatic rings. The first-order valence-corrected chi connectivity index (χ1v) is 10.0. The first-order chi connectivity index (χ1) is 13.1. The van der Waals surface area contributed by atoms with E-state index in [0.717, 1.165) is 25.7 Å². The van der Waals surface area contributed by atoms with Gasteiger partial charge < -0.3 is 19.5 Å². The minimum absolute atomic E-state index is 0.0686. The first-order valence-electron chi connectivity index (χ1n) is 10.0. The molecule has 4 rings (SSSR count). The number of piperazine rings is 1. The zero-order valence-electron chi connectivity index (χ0n) is 15.6. The van der Waals surface area contributed by atoms with E-state index in [1.54, 1.807) is 21.9 Å². The van der Waals surface area contributed by atoms with Gasteiger partial charge in [-0.2, -0.15) is 0 Å². The molecule has 7 nitrogen and oxygen atoms in total. The Hall–Kier alpha value is -2.31. The summed E-state index contributed by atoms with van der Waals surface area (Å²) in [6.07, 6.45) is 8.32. The number of amides is 3. The van der Waals surface area contributed by atoms with Crippen LogP contribution in [0.15, 0.2) is 22.8 Å². The van der Waals surface area contributed by atoms with Gasteiger partial charge in [-0.15, -0.1) is 0 Å². The summed E-state index contributed by atoms with van der Waals surface area (Å²) >= 11 is 0. The Balaban J connectivity index is 1.32. The summed E-state index contributed by atoms with van der Waals surface area (Å²) in [6.45, 7) is 1.85. The summed E-state index contributed by atoms with van der Waals surface area (Å²) in [5.41, 5.74) is -0.857. The molecule has 0 unspecified atom stereocenters. The van der Waals surface area contributed by atoms with Crippen LogP contribution in [-0.4, -0.2) is 59.7 Å². The third-order valence-corrected chi connectivity index (χ3v) is 6.12. The number of carbonyl (C=O) groups excluding carboxylic acids is 3. The predicted molar refractivity (Wildman–Crippen MR) is 97.9 cm³/mol. The van der Waals surface area contributed by atoms with Crippen molar-refractivity contribution in [3.8, 4) is 0 Å². The largest absolute Gasteiger partial charge is 0.459 e. The van der Waals surface area contributed by atoms with Crippen molar-refractivity contribution < 1.29 is 18.8 Å². The van der Waals surface area contributed by atoms with E-state index in [1.165, 1.54) is 12.7 Å². The van der Waals surface area contributed by atoms with Crippen LogP contribution in [0.25, 0.3) is 0 Å². The maximum atomic E-state index is 13.0. The number of nitrogens with zero attached hydrogens (tertiary/aromatic N) is 2. The maximum Gasteiger partial charge on any atom is 0.289 e. The summed E-state index contributed by atoms with van der Waals surface area (Å²) in [7, 11) is 0. The topological polar surface area (TPSA) is 82.9 Å². The summed E-state index contributed by atoms with van der Waals surface area (Å²) < 4.78 is 5.17. The van der Waals surface area contributed by atoms with Gasteiger partial charge in [-0.25, -0.2) is 0 Å². The Labute approximate surface area is 159 Å². The summed E-state index contributed by atoms with van der Waals surface area (Å²) in [6, 6.07) is 3.56. The predicted octanol–water partition coefficient (Wildman–Crippen LogP) is 1.79. The lowest BCUT2D eigenvalue weighted by molar-refractivity contribution is -0.145. The molecule has 3 fully saturated rings. The van der Waals surface area contributed by atoms with Gasteiger partial charge in [0.2, 0.25) is 11.8 Å². The molecule has 0 aromatic carbocycles. The van der Waals surface area contributed by atoms with Crippen LogP contribution in [0.5, 0.6) is 0 Å². The van der Waals surface area contributed by atoms with E-state index >= 15 is 0 Å². The van der Waals surface area contributed by atoms with Gasteiger partial charge in [0.1, 0.15) is 5.41 Å². The zero-order chi connectivity index (χ0) is 18.9. The molecular weight excluding hydrogens is 346 g/mol. The maximum absolute atomic E-state index is 13.0. The van der Waals surface area contributed by atoms with Crippen molar-refractivity contribution in [3.05, 3.63) is 24.2 Å². The molecule has 2 aliphatic carbocycles. The minimum Gasteiger partial charge on any atom is -0.459 e. The van der Waals surface area contributed by atoms with E-state index in [4.69, 9.17) is 4.42 Å². The standard InChI is InChI=1S/C20H27N3O4/c24-17(16-7-4-14-27-16)22-10-12-23(13-11-22)19(26)20(8-9-20)18(25)21-15-5-2-1-3-6-15/h4,7,14-15H,1-3,5-6,8-13H2,(H,21,25). The van der Waals surface area contributed by atoms with Crippen LogP contribution in [0.4, 0.5) is 0 Å². The molecule has 1 N–H and O–H groups in total. The van der Waals surface area contributed by atoms with Crippen molar-refractivity contribution in [2.75, 3.05) is 26.2 Å². The van der Waals surface area contributed by atoms with Gasteiger partial charge in [-0.05, 0) is 37.8 Å². The van der Waals surface area contributed by atoms with Crippen LogP contribution in [0.3, 0.4) is 0 Å². The number of nitrogens with one attached hydrogen (secondary N) is 1. The van der Waals surface area contributed by atoms with E-state index < -0.39 is 5.41 Å². The van der Waals surface area contributed by atoms with E-state index in [9.17, 15) is 14.4 Å². The highest BCUT2D eigenvalue weighted by molar-refractivity contribution is 6.08. The second-order valence-corrected chi connectivity index (χ2v) is 7.95. The van der Waals surface area contributed by atoms with Crippen LogP contribution in [-0.2, 0) is 9.59 Å². The SMILES string of the molecule is O=C(c1ccco1)N1CCN(C(=O)C2(C(=O)NC3CCCCC3)CC2)CC1. The van der Waals surface area contributed by atoms with Crippen molar-refractivity contribution >= 4 is 17.7 Å². The van der Waals surface area contributed by atoms with Crippen molar-refractivity contribution in [1.29, 1.82) is 0 Å². The van der Waals surface area contributed by atoms with Crippen LogP contribution in [0.1, 0.15) is 55.5 Å². The van der Waals surface area contributed by atoms with Crippen molar-refractivity contribution in [1.82, 2.24) is 15.1 Å². The lowest BCUT2D eigenvalue weighted by atomic mass is 9.94. The van der Waals surface area contributed by atoms with Crippen LogP contribution in [0, 0.1) is 5.41 Å². The Morgan fingerprint density at radius 3 is 2.26 bits per heavy atom. The molecule has 2 heterocycles. The fourth-order valence-electron chi connectivity index (χ4n) is 4.20. The number of rotatable bonds is 4. The molecule has 1 aromatic heterocycles. The quantitative estimate of drug-likeness (QED) is 0.816. The van der Waals surface area contributed by atoms with Crippen molar-refractivity contribution in [2.24, 2.45) is 5.41 Å². The Bertz CT molecular complexity index is 697. The number of carbonyl (C=O) groups is 3. The number of furan rings is 1. The second kappa shape index (κ2) is 7.37. The highest BCUT2D eigenvalue weighted by Gasteiger charge is 2.58. The lowest BCUT2D eigenvalue weighted by Gasteiger charge is -2.36. The Kier molecular flexibility index (Phi) is 4.93. The molecule has 0 atom stereocenters. The van der Waals surface area contributed by atoms with Gasteiger partial charge in [0.05, 0.1) is 6.26 Å². The second-order valence-electron chi connectivity index (χ2n) is 7.95. The molecule has 1 aliphatic heterocycles. The van der Waals surface area contributed by atoms with E-state index in [0.29, 0.717) is 44.8 Å². The van der Waals surface area contributed by atoms with E-state index in [1.807, 2.05) is 0 Å². The van der Waals surface area contributed by atoms with Crippen LogP contribution < -0.4 is 5.32 Å². The molecule has 3 amide bonds. The Morgan fingerprint density at radius 2 is 1.67 bits per heavy atom. The normalized spacial score (nSPS) is 22.4. The summed E-state index contributed by atoms with van der Waals surface area (Å²) in [5.74, 6) is 0.0120. The Morgan fingerprint density at radius 1 is 1.00 bits per heavy atom. The third kappa shape index (κ3) is 3.59. The molecule has 27 heavy (non-hydrogen) atoms. The molecule has 0 bridgehead atoms. The van der Waals surface area contributed by atoms with Crippen molar-refractivity contribution in [3.63, 3.8) is 0 Å². The molecular formula is C20H27N3O4. The molecule has 0 spiro atoms. The molecule has 2 saturated carbocycles. The van der Waals surface area contributed by atoms with Gasteiger partial charge in [-0.1, -0.05) is 19.3 Å². The fraction of sp³-hybridized carbons (Fsp3) is 0.650. The molecule has 7 heteroatoms. The molecule has 146 valence electrons. The zero-order valence-corrected chi connectivity index (χ0v) is 15.6. The van der Waals surface area contributed by atoms with Gasteiger partial charge in [0.15, 0.2) is 5.76 Å². The number of hydrogen-bond acceptors (Lipinski definition) is 4. The van der Waals surface area contributed by atoms with Gasteiger partial charge in [0, 0.05) is 32.2 Å². The van der Waals surface area contributed by atoms with Gasteiger partial charge in [-0.3, -0.25) is 14.4 Å². The average Bonchev–Trinajstić information content (AvgIpc) is 3.34. The lowest BCUT2D eigenvalue weighted by Crippen LogP contribution is -2.55. The fourth-order valence-corrected chi connectivity index (χ4v) is 4.20. The van der Waals surface area contributed by atoms with Crippen LogP contribution in [0.2, 0.25) is 0 Å². The highest BCUT2D eigenvalue weighted by Crippen LogP contribution is 2.48. The molecule has 1 saturated heterocycles. The van der Waals surface area contributed by atoms with Crippen LogP contribution >= 0.6 is 0 Å². The van der Waals surface area contributed by atoms with Gasteiger partial charge in [0.25, 0.3) is 5.91 Å². The smallest absolute Gasteiger partial charge is 0.289 e. The first kappa shape index (κ1) is 18.1. The third-order valence-electron chi connectivity index (χ3n) is 6.12. The molecule has 1 aromatic rings. The molecule has 0 radical (unpaired) electrons. The summed E-state index contributed by atoms with van der Waals surface area (Å²) in [4.78, 5) is 41.6. The van der Waals surface area contributed by atoms with Gasteiger partial charge >= 0.3 is 0 Å². The monoisotopic (exact) mass is 373 g/mol. The average molecular weight is 373 g/mol. The van der Waals surface area contributed by atoms with E-state index in [2.05, 4.69) is 5.32 Å². The van der Waals surface area contributed by atoms with E-state index in [-0.39, 0.29) is 23.8 Å². The number of hydrogen-bond donors (Lipinski definition) is 1. The summed E-state index contributed by atoms with van der Waals surface area (Å²) in [5, 5.41) is 3.12. The highest BCUT2D eigenvalue weighted by atomic mass is 16.3. The minimum atomic E-state index is -0.857. The van der Waals surface area contributed by atoms with Crippen molar-refractivity contribution in [2.45, 2.75) is 51.0 Å².